The summed E-state index contributed by atoms with van der Waals surface area (Å²) in [5, 5.41) is 8.35. The Labute approximate surface area is 154 Å². The van der Waals surface area contributed by atoms with Gasteiger partial charge in [-0.2, -0.15) is 0 Å². The van der Waals surface area contributed by atoms with Crippen molar-refractivity contribution in [3.05, 3.63) is 52.5 Å². The highest BCUT2D eigenvalue weighted by atomic mass is 35.5. The molecule has 128 valence electrons. The summed E-state index contributed by atoms with van der Waals surface area (Å²) in [5.74, 6) is -0.251. The van der Waals surface area contributed by atoms with E-state index in [4.69, 9.17) is 28.3 Å². The number of carbonyl (C=O) groups excluding carboxylic acids is 1. The minimum atomic E-state index is -3.76. The molecular formula is C15H14Cl2N2O3S2. The lowest BCUT2D eigenvalue weighted by Gasteiger charge is -2.13. The zero-order chi connectivity index (χ0) is 17.9. The van der Waals surface area contributed by atoms with Crippen LogP contribution in [0.3, 0.4) is 0 Å². The molecule has 24 heavy (non-hydrogen) atoms. The Bertz CT molecular complexity index is 856. The molecule has 0 aliphatic heterocycles. The van der Waals surface area contributed by atoms with Gasteiger partial charge in [-0.3, -0.25) is 4.79 Å². The highest BCUT2D eigenvalue weighted by Gasteiger charge is 2.17. The van der Waals surface area contributed by atoms with Crippen molar-refractivity contribution in [1.29, 1.82) is 0 Å². The topological polar surface area (TPSA) is 89.3 Å². The lowest BCUT2D eigenvalue weighted by atomic mass is 10.3. The van der Waals surface area contributed by atoms with Crippen molar-refractivity contribution in [3.8, 4) is 0 Å². The van der Waals surface area contributed by atoms with Crippen molar-refractivity contribution in [3.63, 3.8) is 0 Å². The summed E-state index contributed by atoms with van der Waals surface area (Å²) < 4.78 is 22.4. The molecule has 0 fully saturated rings. The van der Waals surface area contributed by atoms with Crippen LogP contribution in [0.1, 0.15) is 6.92 Å². The molecule has 1 amide bonds. The smallest absolute Gasteiger partial charge is 0.238 e. The first-order valence-electron chi connectivity index (χ1n) is 6.72. The normalized spacial score (nSPS) is 12.7. The molecular weight excluding hydrogens is 391 g/mol. The fourth-order valence-electron chi connectivity index (χ4n) is 1.78. The van der Waals surface area contributed by atoms with E-state index >= 15 is 0 Å². The van der Waals surface area contributed by atoms with Gasteiger partial charge in [0, 0.05) is 15.6 Å². The van der Waals surface area contributed by atoms with Gasteiger partial charge in [-0.15, -0.1) is 11.8 Å². The summed E-state index contributed by atoms with van der Waals surface area (Å²) in [6.45, 7) is 1.73. The Morgan fingerprint density at radius 1 is 1.17 bits per heavy atom. The SMILES string of the molecule is CC(Sc1cc(Cl)ccc1Cl)C(=O)Nc1ccc(S(N)(=O)=O)cc1. The van der Waals surface area contributed by atoms with Gasteiger partial charge in [-0.05, 0) is 49.4 Å². The van der Waals surface area contributed by atoms with E-state index in [0.29, 0.717) is 20.6 Å². The van der Waals surface area contributed by atoms with E-state index in [1.165, 1.54) is 36.0 Å². The molecule has 0 saturated carbocycles. The molecule has 9 heteroatoms. The van der Waals surface area contributed by atoms with Crippen LogP contribution in [0.15, 0.2) is 52.3 Å². The predicted molar refractivity (Wildman–Crippen MR) is 98.2 cm³/mol. The number of anilines is 1. The van der Waals surface area contributed by atoms with E-state index in [2.05, 4.69) is 5.32 Å². The van der Waals surface area contributed by atoms with E-state index in [1.807, 2.05) is 0 Å². The zero-order valence-electron chi connectivity index (χ0n) is 12.5. The van der Waals surface area contributed by atoms with E-state index in [0.717, 1.165) is 0 Å². The third-order valence-corrected chi connectivity index (χ3v) is 5.78. The number of nitrogens with one attached hydrogen (secondary N) is 1. The Morgan fingerprint density at radius 2 is 1.79 bits per heavy atom. The van der Waals surface area contributed by atoms with Crippen LogP contribution >= 0.6 is 35.0 Å². The van der Waals surface area contributed by atoms with Gasteiger partial charge in [-0.25, -0.2) is 13.6 Å². The lowest BCUT2D eigenvalue weighted by Crippen LogP contribution is -2.22. The largest absolute Gasteiger partial charge is 0.325 e. The van der Waals surface area contributed by atoms with E-state index in [-0.39, 0.29) is 10.8 Å². The van der Waals surface area contributed by atoms with Gasteiger partial charge in [0.2, 0.25) is 15.9 Å². The summed E-state index contributed by atoms with van der Waals surface area (Å²) in [7, 11) is -3.76. The number of carbonyl (C=O) groups is 1. The Balaban J connectivity index is 2.05. The first-order valence-corrected chi connectivity index (χ1v) is 9.90. The van der Waals surface area contributed by atoms with E-state index < -0.39 is 15.3 Å². The van der Waals surface area contributed by atoms with Gasteiger partial charge in [0.05, 0.1) is 15.2 Å². The number of rotatable bonds is 5. The van der Waals surface area contributed by atoms with Crippen molar-refractivity contribution in [2.45, 2.75) is 22.0 Å². The van der Waals surface area contributed by atoms with Gasteiger partial charge in [0.25, 0.3) is 0 Å². The Morgan fingerprint density at radius 3 is 2.38 bits per heavy atom. The summed E-state index contributed by atoms with van der Waals surface area (Å²) >= 11 is 13.3. The molecule has 1 atom stereocenters. The molecule has 3 N–H and O–H groups in total. The van der Waals surface area contributed by atoms with Crippen molar-refractivity contribution >= 4 is 56.6 Å². The Hall–Kier alpha value is -1.25. The number of thioether (sulfide) groups is 1. The number of benzene rings is 2. The maximum absolute atomic E-state index is 12.2. The van der Waals surface area contributed by atoms with E-state index in [1.54, 1.807) is 25.1 Å². The molecule has 5 nitrogen and oxygen atoms in total. The highest BCUT2D eigenvalue weighted by Crippen LogP contribution is 2.33. The zero-order valence-corrected chi connectivity index (χ0v) is 15.6. The Kier molecular flexibility index (Phi) is 6.17. The second kappa shape index (κ2) is 7.76. The second-order valence-electron chi connectivity index (χ2n) is 4.89. The number of sulfonamides is 1. The summed E-state index contributed by atoms with van der Waals surface area (Å²) in [6, 6.07) is 10.6. The van der Waals surface area contributed by atoms with Crippen molar-refractivity contribution in [2.75, 3.05) is 5.32 Å². The third-order valence-electron chi connectivity index (χ3n) is 3.02. The minimum absolute atomic E-state index is 0.0198. The average Bonchev–Trinajstić information content (AvgIpc) is 2.50. The number of hydrogen-bond acceptors (Lipinski definition) is 4. The number of amides is 1. The molecule has 0 aliphatic rings. The van der Waals surface area contributed by atoms with Crippen LogP contribution in [0.5, 0.6) is 0 Å². The molecule has 0 bridgehead atoms. The summed E-state index contributed by atoms with van der Waals surface area (Å²) in [4.78, 5) is 12.9. The predicted octanol–water partition coefficient (Wildman–Crippen LogP) is 3.76. The average molecular weight is 405 g/mol. The van der Waals surface area contributed by atoms with Crippen molar-refractivity contribution in [1.82, 2.24) is 0 Å². The number of halogens is 2. The molecule has 0 aromatic heterocycles. The number of nitrogens with two attached hydrogens (primary N) is 1. The maximum Gasteiger partial charge on any atom is 0.238 e. The van der Waals surface area contributed by atoms with Gasteiger partial charge in [0.1, 0.15) is 0 Å². The fourth-order valence-corrected chi connectivity index (χ4v) is 3.71. The van der Waals surface area contributed by atoms with Gasteiger partial charge in [0.15, 0.2) is 0 Å². The van der Waals surface area contributed by atoms with Crippen LogP contribution in [0.25, 0.3) is 0 Å². The molecule has 2 aromatic rings. The molecule has 0 saturated heterocycles. The van der Waals surface area contributed by atoms with Crippen LogP contribution in [0, 0.1) is 0 Å². The van der Waals surface area contributed by atoms with Crippen molar-refractivity contribution in [2.24, 2.45) is 5.14 Å². The van der Waals surface area contributed by atoms with Crippen LogP contribution in [0.4, 0.5) is 5.69 Å². The summed E-state index contributed by atoms with van der Waals surface area (Å²) in [6.07, 6.45) is 0. The van der Waals surface area contributed by atoms with Gasteiger partial charge in [-0.1, -0.05) is 23.2 Å². The monoisotopic (exact) mass is 404 g/mol. The van der Waals surface area contributed by atoms with E-state index in [9.17, 15) is 13.2 Å². The number of hydrogen-bond donors (Lipinski definition) is 2. The summed E-state index contributed by atoms with van der Waals surface area (Å²) in [5.41, 5.74) is 0.469. The first-order chi connectivity index (χ1) is 11.2. The molecule has 0 aliphatic carbocycles. The van der Waals surface area contributed by atoms with Crippen LogP contribution in [0.2, 0.25) is 10.0 Å². The first kappa shape index (κ1) is 19.1. The molecule has 2 rings (SSSR count). The quantitative estimate of drug-likeness (QED) is 0.742. The molecule has 1 unspecified atom stereocenters. The van der Waals surface area contributed by atoms with Gasteiger partial charge < -0.3 is 5.32 Å². The van der Waals surface area contributed by atoms with Gasteiger partial charge >= 0.3 is 0 Å². The molecule has 2 aromatic carbocycles. The minimum Gasteiger partial charge on any atom is -0.325 e. The third kappa shape index (κ3) is 5.12. The van der Waals surface area contributed by atoms with Crippen LogP contribution < -0.4 is 10.5 Å². The lowest BCUT2D eigenvalue weighted by molar-refractivity contribution is -0.115. The molecule has 0 radical (unpaired) electrons. The molecule has 0 spiro atoms. The van der Waals surface area contributed by atoms with Crippen molar-refractivity contribution < 1.29 is 13.2 Å². The maximum atomic E-state index is 12.2. The fraction of sp³-hybridized carbons (Fsp3) is 0.133. The second-order valence-corrected chi connectivity index (χ2v) is 8.68. The molecule has 0 heterocycles. The van der Waals surface area contributed by atoms with Crippen LogP contribution in [-0.2, 0) is 14.8 Å². The standard InChI is InChI=1S/C15H14Cl2N2O3S2/c1-9(23-14-8-10(16)2-7-13(14)17)15(20)19-11-3-5-12(6-4-11)24(18,21)22/h2-9H,1H3,(H,19,20)(H2,18,21,22). The number of primary sulfonamides is 1. The highest BCUT2D eigenvalue weighted by molar-refractivity contribution is 8.00. The van der Waals surface area contributed by atoms with Crippen LogP contribution in [-0.4, -0.2) is 19.6 Å².